The predicted molar refractivity (Wildman–Crippen MR) is 79.7 cm³/mol. The zero-order valence-corrected chi connectivity index (χ0v) is 12.1. The molecule has 1 aromatic heterocycles. The molecule has 0 spiro atoms. The van der Waals surface area contributed by atoms with Gasteiger partial charge in [0.1, 0.15) is 0 Å². The number of nitrogens with zero attached hydrogens (tertiary/aromatic N) is 1. The fourth-order valence-corrected chi connectivity index (χ4v) is 2.76. The van der Waals surface area contributed by atoms with E-state index in [9.17, 15) is 22.8 Å². The molecule has 1 fully saturated rings. The molecule has 3 rings (SSSR count). The van der Waals surface area contributed by atoms with Gasteiger partial charge in [-0.15, -0.1) is 0 Å². The van der Waals surface area contributed by atoms with Crippen molar-refractivity contribution in [3.05, 3.63) is 22.6 Å². The van der Waals surface area contributed by atoms with Crippen LogP contribution in [-0.4, -0.2) is 35.1 Å². The van der Waals surface area contributed by atoms with Crippen molar-refractivity contribution < 1.29 is 18.0 Å². The van der Waals surface area contributed by atoms with Gasteiger partial charge in [-0.1, -0.05) is 0 Å². The number of rotatable bonds is 2. The van der Waals surface area contributed by atoms with E-state index in [1.165, 1.54) is 6.07 Å². The minimum atomic E-state index is -4.97. The first-order chi connectivity index (χ1) is 10.8. The van der Waals surface area contributed by atoms with Crippen LogP contribution in [-0.2, 0) is 4.79 Å². The molecule has 0 radical (unpaired) electrons. The minimum Gasteiger partial charge on any atom is -0.370 e. The Morgan fingerprint density at radius 3 is 2.30 bits per heavy atom. The van der Waals surface area contributed by atoms with Gasteiger partial charge in [0.25, 0.3) is 0 Å². The monoisotopic (exact) mass is 328 g/mol. The average Bonchev–Trinajstić information content (AvgIpc) is 2.85. The first kappa shape index (κ1) is 15.4. The Morgan fingerprint density at radius 1 is 1.09 bits per heavy atom. The Morgan fingerprint density at radius 2 is 1.70 bits per heavy atom. The van der Waals surface area contributed by atoms with Crippen molar-refractivity contribution in [3.8, 4) is 0 Å². The summed E-state index contributed by atoms with van der Waals surface area (Å²) < 4.78 is 37.6. The normalized spacial score (nSPS) is 15.9. The Bertz CT molecular complexity index is 787. The number of anilines is 2. The molecule has 9 heteroatoms. The summed E-state index contributed by atoms with van der Waals surface area (Å²) in [6.45, 7) is 1.38. The van der Waals surface area contributed by atoms with Crippen LogP contribution in [0.2, 0.25) is 0 Å². The Hall–Kier alpha value is -2.45. The topological polar surface area (TPSA) is 81.0 Å². The number of carbonyl (C=O) groups excluding carboxylic acids is 1. The molecule has 6 nitrogen and oxygen atoms in total. The smallest absolute Gasteiger partial charge is 0.370 e. The number of carbonyl (C=O) groups is 1. The van der Waals surface area contributed by atoms with Crippen molar-refractivity contribution in [2.75, 3.05) is 23.3 Å². The number of fused-ring (bicyclic) bond motifs is 1. The number of hydrogen-bond acceptors (Lipinski definition) is 3. The van der Waals surface area contributed by atoms with Crippen molar-refractivity contribution in [1.29, 1.82) is 0 Å². The summed E-state index contributed by atoms with van der Waals surface area (Å²) in [5.41, 5.74) is 0.889. The number of alkyl halides is 3. The van der Waals surface area contributed by atoms with Gasteiger partial charge in [-0.3, -0.25) is 4.79 Å². The third kappa shape index (κ3) is 3.17. The van der Waals surface area contributed by atoms with Gasteiger partial charge in [0.05, 0.1) is 22.4 Å². The van der Waals surface area contributed by atoms with Gasteiger partial charge < -0.3 is 20.2 Å². The minimum absolute atomic E-state index is 0.0389. The number of halogens is 3. The van der Waals surface area contributed by atoms with Crippen molar-refractivity contribution in [1.82, 2.24) is 9.97 Å². The Balaban J connectivity index is 2.04. The van der Waals surface area contributed by atoms with Crippen LogP contribution in [0.25, 0.3) is 11.0 Å². The molecule has 2 aromatic rings. The molecule has 0 saturated carbocycles. The maximum Gasteiger partial charge on any atom is 0.471 e. The molecule has 2 heterocycles. The standard InChI is InChI=1S/C14H15F3N4O2/c15-14(16,17)12(22)18-10-6-8-9(20-13(23)19-8)7-11(10)21-4-2-1-3-5-21/h6-7H,1-5H2,(H,18,22)(H2,19,20,23). The maximum atomic E-state index is 12.5. The number of aromatic nitrogens is 2. The molecule has 1 saturated heterocycles. The van der Waals surface area contributed by atoms with Crippen LogP contribution >= 0.6 is 0 Å². The zero-order valence-electron chi connectivity index (χ0n) is 12.1. The molecule has 1 aromatic carbocycles. The van der Waals surface area contributed by atoms with Crippen LogP contribution in [0.3, 0.4) is 0 Å². The lowest BCUT2D eigenvalue weighted by Crippen LogP contribution is -2.33. The van der Waals surface area contributed by atoms with Crippen LogP contribution < -0.4 is 15.9 Å². The zero-order chi connectivity index (χ0) is 16.6. The van der Waals surface area contributed by atoms with Crippen molar-refractivity contribution in [2.45, 2.75) is 25.4 Å². The fraction of sp³-hybridized carbons (Fsp3) is 0.429. The summed E-state index contributed by atoms with van der Waals surface area (Å²) in [6, 6.07) is 2.94. The molecule has 0 unspecified atom stereocenters. The summed E-state index contributed by atoms with van der Waals surface area (Å²) in [7, 11) is 0. The first-order valence-electron chi connectivity index (χ1n) is 7.24. The van der Waals surface area contributed by atoms with E-state index in [-0.39, 0.29) is 5.69 Å². The third-order valence-corrected chi connectivity index (χ3v) is 3.83. The molecule has 23 heavy (non-hydrogen) atoms. The van der Waals surface area contributed by atoms with E-state index < -0.39 is 17.8 Å². The van der Waals surface area contributed by atoms with E-state index in [4.69, 9.17) is 0 Å². The molecular weight excluding hydrogens is 313 g/mol. The number of H-pyrrole nitrogens is 2. The van der Waals surface area contributed by atoms with E-state index in [0.717, 1.165) is 19.3 Å². The van der Waals surface area contributed by atoms with Gasteiger partial charge in [0.2, 0.25) is 0 Å². The second-order valence-corrected chi connectivity index (χ2v) is 5.49. The van der Waals surface area contributed by atoms with Gasteiger partial charge in [0.15, 0.2) is 0 Å². The van der Waals surface area contributed by atoms with E-state index in [1.54, 1.807) is 6.07 Å². The fourth-order valence-electron chi connectivity index (χ4n) is 2.76. The van der Waals surface area contributed by atoms with Crippen molar-refractivity contribution in [2.24, 2.45) is 0 Å². The Labute approximate surface area is 128 Å². The van der Waals surface area contributed by atoms with Gasteiger partial charge in [0, 0.05) is 13.1 Å². The number of amides is 1. The van der Waals surface area contributed by atoms with Gasteiger partial charge in [-0.2, -0.15) is 13.2 Å². The highest BCUT2D eigenvalue weighted by atomic mass is 19.4. The number of imidazole rings is 1. The van der Waals surface area contributed by atoms with Crippen LogP contribution in [0.1, 0.15) is 19.3 Å². The number of piperidine rings is 1. The predicted octanol–water partition coefficient (Wildman–Crippen LogP) is 2.35. The second-order valence-electron chi connectivity index (χ2n) is 5.49. The van der Waals surface area contributed by atoms with Crippen LogP contribution in [0.15, 0.2) is 16.9 Å². The average molecular weight is 328 g/mol. The molecule has 124 valence electrons. The van der Waals surface area contributed by atoms with E-state index >= 15 is 0 Å². The number of hydrogen-bond donors (Lipinski definition) is 3. The Kier molecular flexibility index (Phi) is 3.78. The van der Waals surface area contributed by atoms with E-state index in [0.29, 0.717) is 29.8 Å². The van der Waals surface area contributed by atoms with Crippen LogP contribution in [0, 0.1) is 0 Å². The summed E-state index contributed by atoms with van der Waals surface area (Å²) in [4.78, 5) is 29.6. The molecule has 3 N–H and O–H groups in total. The second kappa shape index (κ2) is 5.64. The number of benzene rings is 1. The summed E-state index contributed by atoms with van der Waals surface area (Å²) in [6.07, 6.45) is -2.06. The lowest BCUT2D eigenvalue weighted by molar-refractivity contribution is -0.167. The van der Waals surface area contributed by atoms with Crippen LogP contribution in [0.5, 0.6) is 0 Å². The van der Waals surface area contributed by atoms with Gasteiger partial charge >= 0.3 is 17.8 Å². The highest BCUT2D eigenvalue weighted by Gasteiger charge is 2.39. The van der Waals surface area contributed by atoms with Gasteiger partial charge in [-0.25, -0.2) is 4.79 Å². The van der Waals surface area contributed by atoms with Crippen LogP contribution in [0.4, 0.5) is 24.5 Å². The first-order valence-corrected chi connectivity index (χ1v) is 7.24. The summed E-state index contributed by atoms with van der Waals surface area (Å²) >= 11 is 0. The highest BCUT2D eigenvalue weighted by molar-refractivity contribution is 6.00. The number of aromatic amines is 2. The third-order valence-electron chi connectivity index (χ3n) is 3.83. The molecule has 1 amide bonds. The van der Waals surface area contributed by atoms with E-state index in [2.05, 4.69) is 9.97 Å². The van der Waals surface area contributed by atoms with E-state index in [1.807, 2.05) is 10.2 Å². The molecule has 1 aliphatic rings. The largest absolute Gasteiger partial charge is 0.471 e. The lowest BCUT2D eigenvalue weighted by atomic mass is 10.1. The molecule has 1 aliphatic heterocycles. The van der Waals surface area contributed by atoms with Gasteiger partial charge in [-0.05, 0) is 31.4 Å². The summed E-state index contributed by atoms with van der Waals surface area (Å²) in [5, 5.41) is 1.91. The lowest BCUT2D eigenvalue weighted by Gasteiger charge is -2.30. The maximum absolute atomic E-state index is 12.5. The molecule has 0 aliphatic carbocycles. The van der Waals surface area contributed by atoms with Crippen molar-refractivity contribution in [3.63, 3.8) is 0 Å². The van der Waals surface area contributed by atoms with Crippen molar-refractivity contribution >= 4 is 28.3 Å². The quantitative estimate of drug-likeness (QED) is 0.791. The molecular formula is C14H15F3N4O2. The number of nitrogens with one attached hydrogen (secondary N) is 3. The molecule has 0 atom stereocenters. The molecule has 0 bridgehead atoms. The highest BCUT2D eigenvalue weighted by Crippen LogP contribution is 2.32. The SMILES string of the molecule is O=C(Nc1cc2[nH]c(=O)[nH]c2cc1N1CCCCC1)C(F)(F)F. The summed E-state index contributed by atoms with van der Waals surface area (Å²) in [5.74, 6) is -2.03.